The van der Waals surface area contributed by atoms with Crippen LogP contribution in [0.4, 0.5) is 10.6 Å². The van der Waals surface area contributed by atoms with E-state index >= 15 is 0 Å². The van der Waals surface area contributed by atoms with E-state index in [-0.39, 0.29) is 19.7 Å². The van der Waals surface area contributed by atoms with Gasteiger partial charge in [-0.05, 0) is 21.5 Å². The van der Waals surface area contributed by atoms with Crippen molar-refractivity contribution in [2.24, 2.45) is 5.92 Å². The molecule has 7 nitrogen and oxygen atoms in total. The minimum absolute atomic E-state index is 0.0489. The Morgan fingerprint density at radius 2 is 2.04 bits per heavy atom. The van der Waals surface area contributed by atoms with Gasteiger partial charge in [-0.2, -0.15) is 5.10 Å². The van der Waals surface area contributed by atoms with Gasteiger partial charge in [0.2, 0.25) is 0 Å². The molecule has 0 spiro atoms. The van der Waals surface area contributed by atoms with Crippen LogP contribution in [-0.2, 0) is 22.7 Å². The maximum atomic E-state index is 12.4. The number of carboxylic acid groups (broad SMARTS) is 1. The van der Waals surface area contributed by atoms with Crippen LogP contribution in [0.5, 0.6) is 0 Å². The summed E-state index contributed by atoms with van der Waals surface area (Å²) in [6.45, 7) is 0.394. The van der Waals surface area contributed by atoms with E-state index in [0.717, 1.165) is 5.56 Å². The zero-order valence-corrected chi connectivity index (χ0v) is 13.6. The minimum Gasteiger partial charge on any atom is -0.481 e. The van der Waals surface area contributed by atoms with Crippen LogP contribution < -0.4 is 4.90 Å². The maximum Gasteiger partial charge on any atom is 0.415 e. The predicted molar refractivity (Wildman–Crippen MR) is 85.0 cm³/mol. The lowest BCUT2D eigenvalue weighted by Gasteiger charge is -2.31. The van der Waals surface area contributed by atoms with Crippen molar-refractivity contribution < 1.29 is 19.4 Å². The second-order valence-electron chi connectivity index (χ2n) is 5.18. The van der Waals surface area contributed by atoms with Crippen LogP contribution in [0.25, 0.3) is 0 Å². The molecule has 0 bridgehead atoms. The largest absolute Gasteiger partial charge is 0.481 e. The number of amides is 1. The Morgan fingerprint density at radius 1 is 1.30 bits per heavy atom. The number of carboxylic acids is 1. The number of aromatic nitrogens is 2. The molecule has 1 aromatic heterocycles. The number of carbonyl (C=O) groups is 2. The van der Waals surface area contributed by atoms with Crippen LogP contribution in [0.15, 0.2) is 41.0 Å². The molecule has 0 aliphatic carbocycles. The van der Waals surface area contributed by atoms with Gasteiger partial charge in [0.05, 0.1) is 23.1 Å². The van der Waals surface area contributed by atoms with Gasteiger partial charge >= 0.3 is 12.1 Å². The van der Waals surface area contributed by atoms with Crippen molar-refractivity contribution in [1.82, 2.24) is 9.78 Å². The molecule has 3 rings (SSSR count). The Hall–Kier alpha value is -2.35. The lowest BCUT2D eigenvalue weighted by atomic mass is 10.1. The zero-order chi connectivity index (χ0) is 16.4. The van der Waals surface area contributed by atoms with Crippen LogP contribution in [-0.4, -0.2) is 33.5 Å². The van der Waals surface area contributed by atoms with E-state index in [9.17, 15) is 14.7 Å². The molecule has 1 amide bonds. The van der Waals surface area contributed by atoms with Gasteiger partial charge in [-0.25, -0.2) is 9.48 Å². The third kappa shape index (κ3) is 3.21. The van der Waals surface area contributed by atoms with E-state index in [1.54, 1.807) is 0 Å². The molecule has 1 aliphatic rings. The molecule has 1 aliphatic heterocycles. The molecule has 0 fully saturated rings. The number of carbonyl (C=O) groups excluding carboxylic acids is 1. The quantitative estimate of drug-likeness (QED) is 0.885. The summed E-state index contributed by atoms with van der Waals surface area (Å²) in [6.07, 6.45) is 0.944. The first-order chi connectivity index (χ1) is 11.1. The van der Waals surface area contributed by atoms with Crippen LogP contribution in [0.3, 0.4) is 0 Å². The topological polar surface area (TPSA) is 84.7 Å². The third-order valence-electron chi connectivity index (χ3n) is 3.60. The van der Waals surface area contributed by atoms with E-state index in [4.69, 9.17) is 4.74 Å². The number of nitrogens with zero attached hydrogens (tertiary/aromatic N) is 3. The first-order valence-corrected chi connectivity index (χ1v) is 7.78. The number of benzene rings is 1. The first kappa shape index (κ1) is 15.5. The van der Waals surface area contributed by atoms with Gasteiger partial charge in [-0.1, -0.05) is 30.3 Å². The Labute approximate surface area is 140 Å². The van der Waals surface area contributed by atoms with Gasteiger partial charge in [0, 0.05) is 6.54 Å². The van der Waals surface area contributed by atoms with Crippen molar-refractivity contribution in [3.8, 4) is 0 Å². The molecule has 0 saturated carbocycles. The Balaban J connectivity index is 1.78. The minimum atomic E-state index is -0.969. The Kier molecular flexibility index (Phi) is 4.33. The number of fused-ring (bicyclic) bond motifs is 1. The summed E-state index contributed by atoms with van der Waals surface area (Å²) in [6, 6.07) is 9.29. The third-order valence-corrected chi connectivity index (χ3v) is 4.15. The van der Waals surface area contributed by atoms with Gasteiger partial charge in [0.15, 0.2) is 5.82 Å². The fourth-order valence-electron chi connectivity index (χ4n) is 2.45. The van der Waals surface area contributed by atoms with Crippen molar-refractivity contribution in [2.75, 3.05) is 11.4 Å². The summed E-state index contributed by atoms with van der Waals surface area (Å²) in [4.78, 5) is 25.0. The van der Waals surface area contributed by atoms with Crippen molar-refractivity contribution >= 4 is 33.8 Å². The number of rotatable bonds is 3. The molecule has 2 aromatic rings. The van der Waals surface area contributed by atoms with E-state index < -0.39 is 18.0 Å². The monoisotopic (exact) mass is 379 g/mol. The molecule has 0 saturated heterocycles. The molecule has 1 N–H and O–H groups in total. The molecule has 120 valence electrons. The second-order valence-corrected chi connectivity index (χ2v) is 6.04. The summed E-state index contributed by atoms with van der Waals surface area (Å²) in [5.74, 6) is -1.18. The van der Waals surface area contributed by atoms with Crippen molar-refractivity contribution in [2.45, 2.75) is 13.2 Å². The highest BCUT2D eigenvalue weighted by atomic mass is 79.9. The number of ether oxygens (including phenoxy) is 1. The highest BCUT2D eigenvalue weighted by molar-refractivity contribution is 9.10. The molecular formula is C15H14BrN3O4. The van der Waals surface area contributed by atoms with Gasteiger partial charge in [0.25, 0.3) is 0 Å². The van der Waals surface area contributed by atoms with Crippen LogP contribution in [0, 0.1) is 5.92 Å². The van der Waals surface area contributed by atoms with Crippen LogP contribution >= 0.6 is 15.9 Å². The van der Waals surface area contributed by atoms with Crippen molar-refractivity contribution in [3.05, 3.63) is 46.6 Å². The average molecular weight is 380 g/mol. The zero-order valence-electron chi connectivity index (χ0n) is 12.1. The highest BCUT2D eigenvalue weighted by Crippen LogP contribution is 2.31. The van der Waals surface area contributed by atoms with Gasteiger partial charge in [-0.15, -0.1) is 0 Å². The lowest BCUT2D eigenvalue weighted by Crippen LogP contribution is -2.45. The summed E-state index contributed by atoms with van der Waals surface area (Å²) in [5.41, 5.74) is 0.861. The summed E-state index contributed by atoms with van der Waals surface area (Å²) in [5, 5.41) is 13.3. The number of hydrogen-bond donors (Lipinski definition) is 1. The predicted octanol–water partition coefficient (Wildman–Crippen LogP) is 2.50. The van der Waals surface area contributed by atoms with Gasteiger partial charge in [0.1, 0.15) is 6.61 Å². The number of halogens is 1. The Bertz CT molecular complexity index is 732. The SMILES string of the molecule is O=C(O)C1CN(C(=O)OCc2ccccc2)c2c(Br)cnn2C1. The van der Waals surface area contributed by atoms with E-state index in [0.29, 0.717) is 10.3 Å². The van der Waals surface area contributed by atoms with Crippen LogP contribution in [0.1, 0.15) is 5.56 Å². The molecule has 0 radical (unpaired) electrons. The molecular weight excluding hydrogens is 366 g/mol. The molecule has 8 heteroatoms. The van der Waals surface area contributed by atoms with E-state index in [2.05, 4.69) is 21.0 Å². The Morgan fingerprint density at radius 3 is 2.74 bits per heavy atom. The average Bonchev–Trinajstić information content (AvgIpc) is 2.94. The molecule has 1 atom stereocenters. The van der Waals surface area contributed by atoms with Crippen molar-refractivity contribution in [1.29, 1.82) is 0 Å². The normalized spacial score (nSPS) is 16.7. The molecule has 1 unspecified atom stereocenters. The van der Waals surface area contributed by atoms with Crippen molar-refractivity contribution in [3.63, 3.8) is 0 Å². The highest BCUT2D eigenvalue weighted by Gasteiger charge is 2.35. The van der Waals surface area contributed by atoms with Gasteiger partial charge < -0.3 is 9.84 Å². The maximum absolute atomic E-state index is 12.4. The second kappa shape index (κ2) is 6.41. The van der Waals surface area contributed by atoms with Gasteiger partial charge in [-0.3, -0.25) is 9.69 Å². The molecule has 2 heterocycles. The number of aliphatic carboxylic acids is 1. The summed E-state index contributed by atoms with van der Waals surface area (Å²) in [7, 11) is 0. The smallest absolute Gasteiger partial charge is 0.415 e. The summed E-state index contributed by atoms with van der Waals surface area (Å²) < 4.78 is 7.43. The molecule has 23 heavy (non-hydrogen) atoms. The first-order valence-electron chi connectivity index (χ1n) is 6.98. The van der Waals surface area contributed by atoms with Crippen LogP contribution in [0.2, 0.25) is 0 Å². The fraction of sp³-hybridized carbons (Fsp3) is 0.267. The lowest BCUT2D eigenvalue weighted by molar-refractivity contribution is -0.142. The number of hydrogen-bond acceptors (Lipinski definition) is 4. The number of anilines is 1. The molecule has 1 aromatic carbocycles. The standard InChI is InChI=1S/C15H14BrN3O4/c16-12-6-17-19-8-11(14(20)21)7-18(13(12)19)15(22)23-9-10-4-2-1-3-5-10/h1-6,11H,7-9H2,(H,20,21). The fourth-order valence-corrected chi connectivity index (χ4v) is 2.96. The van der Waals surface area contributed by atoms with E-state index in [1.807, 2.05) is 30.3 Å². The van der Waals surface area contributed by atoms with E-state index in [1.165, 1.54) is 15.8 Å². The summed E-state index contributed by atoms with van der Waals surface area (Å²) >= 11 is 3.33.